The van der Waals surface area contributed by atoms with Crippen LogP contribution in [0, 0.1) is 5.92 Å². The van der Waals surface area contributed by atoms with Gasteiger partial charge in [-0.15, -0.1) is 0 Å². The highest BCUT2D eigenvalue weighted by Gasteiger charge is 2.27. The van der Waals surface area contributed by atoms with Gasteiger partial charge in [0.1, 0.15) is 6.04 Å². The van der Waals surface area contributed by atoms with Crippen molar-refractivity contribution in [1.29, 1.82) is 0 Å². The summed E-state index contributed by atoms with van der Waals surface area (Å²) in [6.07, 6.45) is 10.2. The van der Waals surface area contributed by atoms with Gasteiger partial charge in [0, 0.05) is 12.0 Å². The fourth-order valence-corrected chi connectivity index (χ4v) is 5.80. The Morgan fingerprint density at radius 1 is 1.26 bits per heavy atom. The second kappa shape index (κ2) is 11.1. The van der Waals surface area contributed by atoms with Crippen LogP contribution < -0.4 is 10.0 Å². The smallest absolute Gasteiger partial charge is 0.322 e. The molecular weight excluding hydrogens is 416 g/mol. The van der Waals surface area contributed by atoms with Gasteiger partial charge in [0.2, 0.25) is 10.0 Å². The Kier molecular flexibility index (Phi) is 8.51. The Bertz CT molecular complexity index is 918. The lowest BCUT2D eigenvalue weighted by atomic mass is 9.91. The summed E-state index contributed by atoms with van der Waals surface area (Å²) < 4.78 is 32.3. The number of rotatable bonds is 12. The third-order valence-electron chi connectivity index (χ3n) is 6.16. The number of unbranched alkanes of at least 4 members (excludes halogenated alkanes) is 1. The molecule has 3 aliphatic rings. The van der Waals surface area contributed by atoms with Crippen molar-refractivity contribution in [3.05, 3.63) is 35.8 Å². The molecule has 1 unspecified atom stereocenters. The molecule has 2 aliphatic heterocycles. The number of carboxylic acid groups (broad SMARTS) is 1. The molecule has 172 valence electrons. The number of carbonyl (C=O) groups is 1. The summed E-state index contributed by atoms with van der Waals surface area (Å²) in [6.45, 7) is 4.09. The van der Waals surface area contributed by atoms with E-state index in [4.69, 9.17) is 4.42 Å². The van der Waals surface area contributed by atoms with Crippen LogP contribution in [0.4, 0.5) is 0 Å². The van der Waals surface area contributed by atoms with Crippen LogP contribution in [0.25, 0.3) is 11.1 Å². The molecule has 0 aromatic rings. The van der Waals surface area contributed by atoms with Crippen LogP contribution in [0.1, 0.15) is 56.6 Å². The molecule has 1 atom stereocenters. The molecule has 2 heterocycles. The predicted octanol–water partition coefficient (Wildman–Crippen LogP) is 3.42. The van der Waals surface area contributed by atoms with Gasteiger partial charge in [0.05, 0.1) is 18.3 Å². The minimum Gasteiger partial charge on any atom is -0.480 e. The highest BCUT2D eigenvalue weighted by atomic mass is 32.2. The van der Waals surface area contributed by atoms with Gasteiger partial charge in [-0.25, -0.2) is 13.1 Å². The van der Waals surface area contributed by atoms with E-state index in [1.807, 2.05) is 19.1 Å². The largest absolute Gasteiger partial charge is 0.480 e. The second-order valence-corrected chi connectivity index (χ2v) is 10.4. The molecule has 7 nitrogen and oxygen atoms in total. The number of hydrogen-bond acceptors (Lipinski definition) is 5. The molecule has 3 N–H and O–H groups in total. The van der Waals surface area contributed by atoms with Crippen LogP contribution in [0.15, 0.2) is 29.1 Å². The van der Waals surface area contributed by atoms with Crippen LogP contribution in [-0.2, 0) is 27.7 Å². The first-order chi connectivity index (χ1) is 14.9. The first-order valence-corrected chi connectivity index (χ1v) is 12.9. The van der Waals surface area contributed by atoms with Gasteiger partial charge in [0.15, 0.2) is 0 Å². The highest BCUT2D eigenvalue weighted by Crippen LogP contribution is 2.34. The summed E-state index contributed by atoms with van der Waals surface area (Å²) in [5, 5.41) is 13.0. The molecule has 0 aromatic carbocycles. The predicted molar refractivity (Wildman–Crippen MR) is 121 cm³/mol. The standard InChI is InChI=1S/C23H34N2O5S/c1-2-3-13-31(28,29)25-22(23(26)27)15-19-14-18(21-16-30-12-9-20(19)21)6-4-5-17-7-10-24-11-8-17/h9,12,14,16-17,22,24-25H,2-8,10-11,13,15H2,1H3,(H,26,27). The Labute approximate surface area is 185 Å². The lowest BCUT2D eigenvalue weighted by molar-refractivity contribution is -0.138. The van der Waals surface area contributed by atoms with Crippen molar-refractivity contribution in [1.82, 2.24) is 10.0 Å². The van der Waals surface area contributed by atoms with E-state index in [-0.39, 0.29) is 12.2 Å². The zero-order valence-corrected chi connectivity index (χ0v) is 19.0. The van der Waals surface area contributed by atoms with Crippen LogP contribution in [0.5, 0.6) is 0 Å². The van der Waals surface area contributed by atoms with E-state index in [0.717, 1.165) is 60.5 Å². The van der Waals surface area contributed by atoms with E-state index >= 15 is 0 Å². The summed E-state index contributed by atoms with van der Waals surface area (Å²) in [5.74, 6) is -0.460. The van der Waals surface area contributed by atoms with E-state index in [2.05, 4.69) is 10.0 Å². The molecule has 0 spiro atoms. The summed E-state index contributed by atoms with van der Waals surface area (Å²) in [5.41, 5.74) is 3.90. The van der Waals surface area contributed by atoms with Crippen molar-refractivity contribution < 1.29 is 22.7 Å². The molecule has 0 aromatic heterocycles. The van der Waals surface area contributed by atoms with E-state index in [1.165, 1.54) is 19.3 Å². The average Bonchev–Trinajstić information content (AvgIpc) is 3.10. The maximum atomic E-state index is 12.3. The monoisotopic (exact) mass is 450 g/mol. The molecule has 1 fully saturated rings. The van der Waals surface area contributed by atoms with Crippen LogP contribution in [0.3, 0.4) is 0 Å². The lowest BCUT2D eigenvalue weighted by Crippen LogP contribution is -2.43. The number of aliphatic carboxylic acids is 1. The van der Waals surface area contributed by atoms with Gasteiger partial charge in [-0.1, -0.05) is 25.8 Å². The fraction of sp³-hybridized carbons (Fsp3) is 0.609. The highest BCUT2D eigenvalue weighted by molar-refractivity contribution is 7.89. The number of aryl methyl sites for hydroxylation is 1. The van der Waals surface area contributed by atoms with Crippen LogP contribution in [-0.4, -0.2) is 44.4 Å². The molecule has 8 heteroatoms. The molecule has 31 heavy (non-hydrogen) atoms. The van der Waals surface area contributed by atoms with Crippen molar-refractivity contribution in [2.24, 2.45) is 5.92 Å². The number of sulfonamides is 1. The summed E-state index contributed by atoms with van der Waals surface area (Å²) in [4.78, 5) is 11.8. The zero-order valence-electron chi connectivity index (χ0n) is 18.2. The van der Waals surface area contributed by atoms with Gasteiger partial charge in [-0.2, -0.15) is 0 Å². The summed E-state index contributed by atoms with van der Waals surface area (Å²) >= 11 is 0. The molecule has 0 saturated carbocycles. The Morgan fingerprint density at radius 3 is 2.74 bits per heavy atom. The molecule has 0 radical (unpaired) electrons. The van der Waals surface area contributed by atoms with Gasteiger partial charge < -0.3 is 14.8 Å². The lowest BCUT2D eigenvalue weighted by Gasteiger charge is -2.22. The number of hydrogen-bond donors (Lipinski definition) is 3. The van der Waals surface area contributed by atoms with Crippen molar-refractivity contribution in [3.8, 4) is 11.1 Å². The summed E-state index contributed by atoms with van der Waals surface area (Å²) in [7, 11) is -3.64. The van der Waals surface area contributed by atoms with Crippen molar-refractivity contribution in [2.45, 2.75) is 64.3 Å². The quantitative estimate of drug-likeness (QED) is 0.457. The van der Waals surface area contributed by atoms with E-state index < -0.39 is 22.0 Å². The molecule has 0 bridgehead atoms. The normalized spacial score (nSPS) is 16.5. The summed E-state index contributed by atoms with van der Waals surface area (Å²) in [6, 6.07) is 2.68. The van der Waals surface area contributed by atoms with Gasteiger partial charge in [-0.05, 0) is 73.9 Å². The topological polar surface area (TPSA) is 109 Å². The SMILES string of the molecule is CCCCS(=O)(=O)NC(Cc1cc(CCCC2CCNCC2)c2coccc1-2)C(=O)O. The van der Waals surface area contributed by atoms with Crippen molar-refractivity contribution in [2.75, 3.05) is 18.8 Å². The first kappa shape index (κ1) is 23.8. The Balaban J connectivity index is 1.70. The van der Waals surface area contributed by atoms with E-state index in [0.29, 0.717) is 6.42 Å². The van der Waals surface area contributed by atoms with Gasteiger partial charge in [0.25, 0.3) is 0 Å². The maximum absolute atomic E-state index is 12.3. The van der Waals surface area contributed by atoms with Crippen molar-refractivity contribution >= 4 is 16.0 Å². The Hall–Kier alpha value is -1.90. The van der Waals surface area contributed by atoms with Gasteiger partial charge in [-0.3, -0.25) is 4.79 Å². The molecule has 0 amide bonds. The number of piperidine rings is 1. The van der Waals surface area contributed by atoms with Crippen molar-refractivity contribution in [3.63, 3.8) is 0 Å². The number of fused-ring (bicyclic) bond motifs is 1. The average molecular weight is 451 g/mol. The minimum atomic E-state index is -3.64. The van der Waals surface area contributed by atoms with Crippen LogP contribution >= 0.6 is 0 Å². The third-order valence-corrected chi connectivity index (χ3v) is 7.63. The van der Waals surface area contributed by atoms with Crippen LogP contribution in [0.2, 0.25) is 0 Å². The maximum Gasteiger partial charge on any atom is 0.322 e. The zero-order chi connectivity index (χ0) is 22.3. The third kappa shape index (κ3) is 6.79. The molecule has 3 rings (SSSR count). The number of carboxylic acids is 1. The van der Waals surface area contributed by atoms with Gasteiger partial charge >= 0.3 is 5.97 Å². The second-order valence-electron chi connectivity index (χ2n) is 8.55. The first-order valence-electron chi connectivity index (χ1n) is 11.3. The minimum absolute atomic E-state index is 0.0597. The molecular formula is C23H34N2O5S. The van der Waals surface area contributed by atoms with E-state index in [1.54, 1.807) is 12.5 Å². The molecule has 1 aliphatic carbocycles. The van der Waals surface area contributed by atoms with E-state index in [9.17, 15) is 18.3 Å². The Morgan fingerprint density at radius 2 is 2.03 bits per heavy atom. The molecule has 1 saturated heterocycles. The number of nitrogens with one attached hydrogen (secondary N) is 2. The fourth-order valence-electron chi connectivity index (χ4n) is 4.40.